The number of hydrogen-bond donors (Lipinski definition) is 0. The maximum Gasteiger partial charge on any atom is 0.145 e. The second kappa shape index (κ2) is 3.07. The Balaban J connectivity index is 2.35. The smallest absolute Gasteiger partial charge is 0.145 e. The third kappa shape index (κ3) is 1.10. The van der Waals surface area contributed by atoms with Gasteiger partial charge in [0.1, 0.15) is 11.7 Å². The number of pyridine rings is 1. The molecule has 0 saturated carbocycles. The van der Waals surface area contributed by atoms with Crippen LogP contribution in [0.25, 0.3) is 16.7 Å². The Morgan fingerprint density at radius 3 is 2.88 bits per heavy atom. The van der Waals surface area contributed by atoms with Crippen molar-refractivity contribution >= 4 is 16.7 Å². The van der Waals surface area contributed by atoms with Crippen molar-refractivity contribution in [2.45, 2.75) is 6.92 Å². The van der Waals surface area contributed by atoms with Crippen LogP contribution in [0.4, 0.5) is 0 Å². The molecule has 0 amide bonds. The summed E-state index contributed by atoms with van der Waals surface area (Å²) in [5.41, 5.74) is 3.66. The number of nitrogens with zero attached hydrogens (tertiary/aromatic N) is 3. The maximum atomic E-state index is 9.08. The Labute approximate surface area is 92.9 Å². The van der Waals surface area contributed by atoms with Gasteiger partial charge in [0.15, 0.2) is 0 Å². The van der Waals surface area contributed by atoms with Gasteiger partial charge in [0, 0.05) is 23.5 Å². The van der Waals surface area contributed by atoms with Crippen LogP contribution >= 0.6 is 0 Å². The predicted molar refractivity (Wildman–Crippen MR) is 62.6 cm³/mol. The first-order valence-electron chi connectivity index (χ1n) is 5.06. The SMILES string of the molecule is Cc1cnc2c(c1)c(C#N)cn2C1=CC=C1. The van der Waals surface area contributed by atoms with Gasteiger partial charge < -0.3 is 0 Å². The van der Waals surface area contributed by atoms with Crippen LogP contribution in [0.15, 0.2) is 36.7 Å². The molecule has 0 radical (unpaired) electrons. The average molecular weight is 207 g/mol. The minimum atomic E-state index is 0.674. The highest BCUT2D eigenvalue weighted by molar-refractivity contribution is 5.88. The van der Waals surface area contributed by atoms with E-state index in [4.69, 9.17) is 5.26 Å². The number of aromatic nitrogens is 2. The summed E-state index contributed by atoms with van der Waals surface area (Å²) in [7, 11) is 0. The summed E-state index contributed by atoms with van der Waals surface area (Å²) in [6, 6.07) is 4.21. The van der Waals surface area contributed by atoms with Crippen molar-refractivity contribution in [3.05, 3.63) is 47.8 Å². The van der Waals surface area contributed by atoms with Crippen molar-refractivity contribution < 1.29 is 0 Å². The molecule has 0 fully saturated rings. The zero-order valence-electron chi connectivity index (χ0n) is 8.81. The molecular formula is C13H9N3. The van der Waals surface area contributed by atoms with Gasteiger partial charge in [0.2, 0.25) is 0 Å². The second-order valence-electron chi connectivity index (χ2n) is 3.86. The summed E-state index contributed by atoms with van der Waals surface area (Å²) in [5, 5.41) is 10.0. The fourth-order valence-corrected chi connectivity index (χ4v) is 1.84. The summed E-state index contributed by atoms with van der Waals surface area (Å²) in [6.07, 6.45) is 9.64. The van der Waals surface area contributed by atoms with Gasteiger partial charge in [-0.05, 0) is 30.7 Å². The van der Waals surface area contributed by atoms with Gasteiger partial charge in [-0.3, -0.25) is 4.57 Å². The summed E-state index contributed by atoms with van der Waals surface area (Å²) in [5.74, 6) is 0. The van der Waals surface area contributed by atoms with Crippen LogP contribution in [0.2, 0.25) is 0 Å². The van der Waals surface area contributed by atoms with Crippen molar-refractivity contribution in [1.29, 1.82) is 5.26 Å². The zero-order chi connectivity index (χ0) is 11.1. The van der Waals surface area contributed by atoms with Crippen LogP contribution in [0.1, 0.15) is 11.1 Å². The number of aryl methyl sites for hydroxylation is 1. The van der Waals surface area contributed by atoms with Crippen molar-refractivity contribution in [1.82, 2.24) is 9.55 Å². The molecule has 0 bridgehead atoms. The molecule has 0 unspecified atom stereocenters. The van der Waals surface area contributed by atoms with E-state index in [9.17, 15) is 0 Å². The van der Waals surface area contributed by atoms with E-state index in [-0.39, 0.29) is 0 Å². The highest BCUT2D eigenvalue weighted by atomic mass is 15.0. The molecule has 3 rings (SSSR count). The number of rotatable bonds is 1. The number of nitriles is 1. The lowest BCUT2D eigenvalue weighted by Gasteiger charge is -2.09. The Bertz CT molecular complexity index is 681. The first-order chi connectivity index (χ1) is 7.79. The van der Waals surface area contributed by atoms with E-state index in [2.05, 4.69) is 11.1 Å². The van der Waals surface area contributed by atoms with Crippen molar-refractivity contribution in [2.24, 2.45) is 0 Å². The molecule has 0 atom stereocenters. The van der Waals surface area contributed by atoms with Crippen molar-refractivity contribution in [3.8, 4) is 6.07 Å². The van der Waals surface area contributed by atoms with Crippen LogP contribution in [0.5, 0.6) is 0 Å². The quantitative estimate of drug-likeness (QED) is 0.721. The molecular weight excluding hydrogens is 198 g/mol. The summed E-state index contributed by atoms with van der Waals surface area (Å²) in [4.78, 5) is 4.39. The summed E-state index contributed by atoms with van der Waals surface area (Å²) >= 11 is 0. The molecule has 2 aromatic heterocycles. The van der Waals surface area contributed by atoms with Crippen LogP contribution in [0, 0.1) is 18.3 Å². The minimum Gasteiger partial charge on any atom is -0.300 e. The predicted octanol–water partition coefficient (Wildman–Crippen LogP) is 2.63. The third-order valence-electron chi connectivity index (χ3n) is 2.71. The molecule has 3 nitrogen and oxygen atoms in total. The van der Waals surface area contributed by atoms with Crippen LogP contribution in [-0.2, 0) is 0 Å². The second-order valence-corrected chi connectivity index (χ2v) is 3.86. The molecule has 0 aromatic carbocycles. The molecule has 0 saturated heterocycles. The molecule has 0 N–H and O–H groups in total. The minimum absolute atomic E-state index is 0.674. The first-order valence-corrected chi connectivity index (χ1v) is 5.06. The fourth-order valence-electron chi connectivity index (χ4n) is 1.84. The standard InChI is InChI=1S/C13H9N3/c1-9-5-12-10(6-14)8-16(11-3-2-4-11)13(12)15-7-9/h2-5,7-8H,1H3. The molecule has 0 spiro atoms. The fraction of sp³-hybridized carbons (Fsp3) is 0.0769. The van der Waals surface area contributed by atoms with Gasteiger partial charge in [0.25, 0.3) is 0 Å². The van der Waals surface area contributed by atoms with Crippen LogP contribution in [0.3, 0.4) is 0 Å². The van der Waals surface area contributed by atoms with E-state index < -0.39 is 0 Å². The molecule has 2 heterocycles. The Hall–Kier alpha value is -2.34. The molecule has 3 heteroatoms. The van der Waals surface area contributed by atoms with E-state index in [0.29, 0.717) is 5.56 Å². The Morgan fingerprint density at radius 1 is 1.44 bits per heavy atom. The summed E-state index contributed by atoms with van der Waals surface area (Å²) < 4.78 is 1.95. The average Bonchev–Trinajstić information content (AvgIpc) is 2.54. The maximum absolute atomic E-state index is 9.08. The zero-order valence-corrected chi connectivity index (χ0v) is 8.81. The number of fused-ring (bicyclic) bond motifs is 1. The van der Waals surface area contributed by atoms with Crippen LogP contribution in [-0.4, -0.2) is 9.55 Å². The lowest BCUT2D eigenvalue weighted by molar-refractivity contribution is 1.12. The van der Waals surface area contributed by atoms with Gasteiger partial charge >= 0.3 is 0 Å². The molecule has 76 valence electrons. The molecule has 0 aliphatic heterocycles. The largest absolute Gasteiger partial charge is 0.300 e. The van der Waals surface area contributed by atoms with Crippen molar-refractivity contribution in [2.75, 3.05) is 0 Å². The molecule has 1 aliphatic carbocycles. The number of hydrogen-bond acceptors (Lipinski definition) is 2. The number of allylic oxidation sites excluding steroid dienone is 4. The third-order valence-corrected chi connectivity index (χ3v) is 2.71. The normalized spacial score (nSPS) is 13.4. The summed E-state index contributed by atoms with van der Waals surface area (Å²) in [6.45, 7) is 1.98. The van der Waals surface area contributed by atoms with Gasteiger partial charge in [0.05, 0.1) is 5.56 Å². The molecule has 1 aliphatic rings. The molecule has 2 aromatic rings. The Kier molecular flexibility index (Phi) is 1.72. The van der Waals surface area contributed by atoms with Crippen molar-refractivity contribution in [3.63, 3.8) is 0 Å². The highest BCUT2D eigenvalue weighted by Crippen LogP contribution is 2.25. The van der Waals surface area contributed by atoms with Gasteiger partial charge in [-0.2, -0.15) is 5.26 Å². The van der Waals surface area contributed by atoms with Crippen LogP contribution < -0.4 is 0 Å². The molecule has 16 heavy (non-hydrogen) atoms. The monoisotopic (exact) mass is 207 g/mol. The Morgan fingerprint density at radius 2 is 2.25 bits per heavy atom. The van der Waals surface area contributed by atoms with E-state index in [0.717, 1.165) is 22.3 Å². The van der Waals surface area contributed by atoms with Gasteiger partial charge in [-0.15, -0.1) is 0 Å². The van der Waals surface area contributed by atoms with E-state index >= 15 is 0 Å². The van der Waals surface area contributed by atoms with E-state index in [1.807, 2.05) is 48.2 Å². The van der Waals surface area contributed by atoms with E-state index in [1.54, 1.807) is 0 Å². The van der Waals surface area contributed by atoms with Gasteiger partial charge in [-0.1, -0.05) is 6.08 Å². The lowest BCUT2D eigenvalue weighted by atomic mass is 10.2. The highest BCUT2D eigenvalue weighted by Gasteiger charge is 2.12. The van der Waals surface area contributed by atoms with Gasteiger partial charge in [-0.25, -0.2) is 4.98 Å². The lowest BCUT2D eigenvalue weighted by Crippen LogP contribution is -1.97. The topological polar surface area (TPSA) is 41.6 Å². The van der Waals surface area contributed by atoms with E-state index in [1.165, 1.54) is 0 Å². The first kappa shape index (κ1) is 8.93.